The molecule has 2 nitrogen and oxygen atoms in total. The van der Waals surface area contributed by atoms with Crippen molar-refractivity contribution >= 4 is 24.2 Å². The van der Waals surface area contributed by atoms with E-state index in [9.17, 15) is 9.18 Å². The predicted molar refractivity (Wildman–Crippen MR) is 68.0 cm³/mol. The molecule has 0 radical (unpaired) electrons. The third-order valence-electron chi connectivity index (χ3n) is 2.26. The lowest BCUT2D eigenvalue weighted by Crippen LogP contribution is -2.12. The summed E-state index contributed by atoms with van der Waals surface area (Å²) < 4.78 is 12.7. The second-order valence-electron chi connectivity index (χ2n) is 3.48. The molecule has 0 saturated carbocycles. The molecule has 2 aromatic carbocycles. The Kier molecular flexibility index (Phi) is 3.44. The number of anilines is 1. The Balaban J connectivity index is 2.17. The Hall–Kier alpha value is -1.81. The molecule has 0 aliphatic carbocycles. The van der Waals surface area contributed by atoms with Gasteiger partial charge in [-0.25, -0.2) is 4.39 Å². The van der Waals surface area contributed by atoms with Crippen LogP contribution in [0.5, 0.6) is 0 Å². The molecule has 2 aromatic rings. The summed E-state index contributed by atoms with van der Waals surface area (Å²) in [5, 5.41) is 2.71. The largest absolute Gasteiger partial charge is 0.321 e. The van der Waals surface area contributed by atoms with E-state index in [4.69, 9.17) is 0 Å². The second kappa shape index (κ2) is 5.01. The summed E-state index contributed by atoms with van der Waals surface area (Å²) in [5.74, 6) is -0.650. The van der Waals surface area contributed by atoms with Gasteiger partial charge in [0.05, 0.1) is 5.69 Å². The smallest absolute Gasteiger partial charge is 0.255 e. The molecule has 17 heavy (non-hydrogen) atoms. The van der Waals surface area contributed by atoms with Gasteiger partial charge in [0.2, 0.25) is 0 Å². The third kappa shape index (κ3) is 2.85. The Morgan fingerprint density at radius 3 is 2.35 bits per heavy atom. The van der Waals surface area contributed by atoms with Gasteiger partial charge in [-0.3, -0.25) is 4.79 Å². The van der Waals surface area contributed by atoms with Crippen molar-refractivity contribution in [2.45, 2.75) is 4.90 Å². The Morgan fingerprint density at radius 2 is 1.71 bits per heavy atom. The summed E-state index contributed by atoms with van der Waals surface area (Å²) in [6, 6.07) is 12.5. The van der Waals surface area contributed by atoms with Crippen LogP contribution in [0.25, 0.3) is 0 Å². The van der Waals surface area contributed by atoms with Crippen molar-refractivity contribution < 1.29 is 9.18 Å². The molecular formula is C13H10FNOS. The molecule has 0 heterocycles. The molecule has 0 aromatic heterocycles. The summed E-state index contributed by atoms with van der Waals surface area (Å²) >= 11 is 4.23. The molecule has 0 spiro atoms. The van der Waals surface area contributed by atoms with Gasteiger partial charge in [-0.2, -0.15) is 0 Å². The SMILES string of the molecule is O=C(Nc1ccccc1S)c1ccc(F)cc1. The standard InChI is InChI=1S/C13H10FNOS/c14-10-7-5-9(6-8-10)13(16)15-11-3-1-2-4-12(11)17/h1-8,17H,(H,15,16). The number of carbonyl (C=O) groups excluding carboxylic acids is 1. The van der Waals surface area contributed by atoms with E-state index in [1.807, 2.05) is 6.07 Å². The second-order valence-corrected chi connectivity index (χ2v) is 3.96. The summed E-state index contributed by atoms with van der Waals surface area (Å²) in [4.78, 5) is 12.5. The summed E-state index contributed by atoms with van der Waals surface area (Å²) in [7, 11) is 0. The van der Waals surface area contributed by atoms with Crippen LogP contribution in [0.15, 0.2) is 53.4 Å². The predicted octanol–water partition coefficient (Wildman–Crippen LogP) is 3.37. The van der Waals surface area contributed by atoms with Gasteiger partial charge in [-0.05, 0) is 36.4 Å². The minimum absolute atomic E-state index is 0.286. The molecule has 0 fully saturated rings. The Bertz CT molecular complexity index is 539. The molecular weight excluding hydrogens is 237 g/mol. The number of hydrogen-bond donors (Lipinski definition) is 2. The maximum absolute atomic E-state index is 12.7. The van der Waals surface area contributed by atoms with Gasteiger partial charge < -0.3 is 5.32 Å². The summed E-state index contributed by atoms with van der Waals surface area (Å²) in [6.45, 7) is 0. The molecule has 2 rings (SSSR count). The average molecular weight is 247 g/mol. The molecule has 1 amide bonds. The van der Waals surface area contributed by atoms with E-state index >= 15 is 0 Å². The van der Waals surface area contributed by atoms with Gasteiger partial charge in [-0.1, -0.05) is 12.1 Å². The highest BCUT2D eigenvalue weighted by atomic mass is 32.1. The summed E-state index contributed by atoms with van der Waals surface area (Å²) in [5.41, 5.74) is 1.04. The number of rotatable bonds is 2. The highest BCUT2D eigenvalue weighted by Gasteiger charge is 2.07. The van der Waals surface area contributed by atoms with E-state index in [1.165, 1.54) is 24.3 Å². The number of nitrogens with one attached hydrogen (secondary N) is 1. The highest BCUT2D eigenvalue weighted by Crippen LogP contribution is 2.19. The van der Waals surface area contributed by atoms with E-state index in [-0.39, 0.29) is 11.7 Å². The first-order valence-corrected chi connectivity index (χ1v) is 5.46. The maximum Gasteiger partial charge on any atom is 0.255 e. The van der Waals surface area contributed by atoms with Crippen LogP contribution < -0.4 is 5.32 Å². The van der Waals surface area contributed by atoms with Crippen LogP contribution in [-0.2, 0) is 0 Å². The fraction of sp³-hybridized carbons (Fsp3) is 0. The van der Waals surface area contributed by atoms with E-state index in [2.05, 4.69) is 17.9 Å². The number of benzene rings is 2. The molecule has 0 aliphatic heterocycles. The molecule has 0 unspecified atom stereocenters. The van der Waals surface area contributed by atoms with Crippen molar-refractivity contribution in [2.24, 2.45) is 0 Å². The topological polar surface area (TPSA) is 29.1 Å². The fourth-order valence-electron chi connectivity index (χ4n) is 1.38. The van der Waals surface area contributed by atoms with Crippen LogP contribution in [0, 0.1) is 5.82 Å². The Morgan fingerprint density at radius 1 is 1.06 bits per heavy atom. The van der Waals surface area contributed by atoms with Crippen LogP contribution in [0.2, 0.25) is 0 Å². The first-order chi connectivity index (χ1) is 8.16. The van der Waals surface area contributed by atoms with Gasteiger partial charge >= 0.3 is 0 Å². The average Bonchev–Trinajstić information content (AvgIpc) is 2.33. The van der Waals surface area contributed by atoms with Gasteiger partial charge in [0.15, 0.2) is 0 Å². The van der Waals surface area contributed by atoms with Crippen molar-refractivity contribution in [2.75, 3.05) is 5.32 Å². The third-order valence-corrected chi connectivity index (χ3v) is 2.65. The minimum Gasteiger partial charge on any atom is -0.321 e. The lowest BCUT2D eigenvalue weighted by Gasteiger charge is -2.07. The number of amides is 1. The Labute approximate surface area is 104 Å². The van der Waals surface area contributed by atoms with Gasteiger partial charge in [0.1, 0.15) is 5.82 Å². The van der Waals surface area contributed by atoms with Crippen molar-refractivity contribution in [1.29, 1.82) is 0 Å². The summed E-state index contributed by atoms with van der Waals surface area (Å²) in [6.07, 6.45) is 0. The van der Waals surface area contributed by atoms with Crippen molar-refractivity contribution in [3.05, 3.63) is 59.9 Å². The van der Waals surface area contributed by atoms with Crippen molar-refractivity contribution in [3.8, 4) is 0 Å². The number of halogens is 1. The minimum atomic E-state index is -0.365. The van der Waals surface area contributed by atoms with E-state index in [1.54, 1.807) is 18.2 Å². The van der Waals surface area contributed by atoms with Crippen LogP contribution >= 0.6 is 12.6 Å². The van der Waals surface area contributed by atoms with Gasteiger partial charge in [0, 0.05) is 10.5 Å². The van der Waals surface area contributed by atoms with Gasteiger partial charge in [-0.15, -0.1) is 12.6 Å². The maximum atomic E-state index is 12.7. The zero-order chi connectivity index (χ0) is 12.3. The lowest BCUT2D eigenvalue weighted by molar-refractivity contribution is 0.102. The highest BCUT2D eigenvalue weighted by molar-refractivity contribution is 7.80. The molecule has 0 aliphatic rings. The molecule has 86 valence electrons. The lowest BCUT2D eigenvalue weighted by atomic mass is 10.2. The van der Waals surface area contributed by atoms with Crippen molar-refractivity contribution in [1.82, 2.24) is 0 Å². The quantitative estimate of drug-likeness (QED) is 0.783. The number of carbonyl (C=O) groups is 1. The van der Waals surface area contributed by atoms with Crippen LogP contribution in [0.1, 0.15) is 10.4 Å². The van der Waals surface area contributed by atoms with Crippen LogP contribution in [0.3, 0.4) is 0 Å². The fourth-order valence-corrected chi connectivity index (χ4v) is 1.59. The first-order valence-electron chi connectivity index (χ1n) is 5.02. The normalized spacial score (nSPS) is 10.0. The monoisotopic (exact) mass is 247 g/mol. The van der Waals surface area contributed by atoms with Gasteiger partial charge in [0.25, 0.3) is 5.91 Å². The van der Waals surface area contributed by atoms with E-state index in [0.717, 1.165) is 0 Å². The zero-order valence-electron chi connectivity index (χ0n) is 8.85. The van der Waals surface area contributed by atoms with E-state index < -0.39 is 0 Å². The first kappa shape index (κ1) is 11.7. The van der Waals surface area contributed by atoms with Crippen LogP contribution in [-0.4, -0.2) is 5.91 Å². The van der Waals surface area contributed by atoms with Crippen LogP contribution in [0.4, 0.5) is 10.1 Å². The number of para-hydroxylation sites is 1. The molecule has 0 saturated heterocycles. The molecule has 4 heteroatoms. The molecule has 0 atom stereocenters. The number of thiol groups is 1. The zero-order valence-corrected chi connectivity index (χ0v) is 9.75. The van der Waals surface area contributed by atoms with E-state index in [0.29, 0.717) is 16.1 Å². The number of hydrogen-bond acceptors (Lipinski definition) is 2. The molecule has 1 N–H and O–H groups in total. The molecule has 0 bridgehead atoms. The van der Waals surface area contributed by atoms with Crippen molar-refractivity contribution in [3.63, 3.8) is 0 Å².